The van der Waals surface area contributed by atoms with E-state index in [9.17, 15) is 0 Å². The largest absolute Gasteiger partial charge is 0.313 e. The van der Waals surface area contributed by atoms with Crippen LogP contribution >= 0.6 is 0 Å². The van der Waals surface area contributed by atoms with Crippen LogP contribution in [0.1, 0.15) is 55.3 Å². The summed E-state index contributed by atoms with van der Waals surface area (Å²) in [7, 11) is 2.06. The summed E-state index contributed by atoms with van der Waals surface area (Å²) in [5.41, 5.74) is 7.12. The van der Waals surface area contributed by atoms with Crippen molar-refractivity contribution in [3.05, 3.63) is 59.2 Å². The van der Waals surface area contributed by atoms with Crippen molar-refractivity contribution in [2.45, 2.75) is 45.1 Å². The van der Waals surface area contributed by atoms with E-state index in [1.165, 1.54) is 47.1 Å². The van der Waals surface area contributed by atoms with E-state index in [0.29, 0.717) is 12.0 Å². The van der Waals surface area contributed by atoms with Gasteiger partial charge in [-0.05, 0) is 60.0 Å². The molecule has 1 nitrogen and oxygen atoms in total. The van der Waals surface area contributed by atoms with Crippen molar-refractivity contribution in [2.75, 3.05) is 7.05 Å². The second kappa shape index (κ2) is 6.03. The van der Waals surface area contributed by atoms with Crippen LogP contribution in [0.4, 0.5) is 0 Å². The van der Waals surface area contributed by atoms with Crippen LogP contribution in [0.2, 0.25) is 0 Å². The molecule has 0 saturated heterocycles. The van der Waals surface area contributed by atoms with Gasteiger partial charge in [0.1, 0.15) is 0 Å². The average Bonchev–Trinajstić information content (AvgIpc) is 2.96. The SMILES string of the molecule is CCC(C)c1ccc(-c2ccc3c(c2)CCC3NC)cc1. The highest BCUT2D eigenvalue weighted by Gasteiger charge is 2.20. The lowest BCUT2D eigenvalue weighted by atomic mass is 9.95. The molecule has 0 amide bonds. The van der Waals surface area contributed by atoms with Gasteiger partial charge in [0.25, 0.3) is 0 Å². The Kier molecular flexibility index (Phi) is 4.12. The van der Waals surface area contributed by atoms with Gasteiger partial charge >= 0.3 is 0 Å². The summed E-state index contributed by atoms with van der Waals surface area (Å²) in [6.07, 6.45) is 3.62. The number of rotatable bonds is 4. The van der Waals surface area contributed by atoms with Gasteiger partial charge in [-0.2, -0.15) is 0 Å². The lowest BCUT2D eigenvalue weighted by Gasteiger charge is -2.12. The number of hydrogen-bond donors (Lipinski definition) is 1. The van der Waals surface area contributed by atoms with Crippen molar-refractivity contribution < 1.29 is 0 Å². The van der Waals surface area contributed by atoms with Crippen LogP contribution in [0.25, 0.3) is 11.1 Å². The van der Waals surface area contributed by atoms with Gasteiger partial charge in [-0.15, -0.1) is 0 Å². The minimum atomic E-state index is 0.543. The maximum Gasteiger partial charge on any atom is 0.0323 e. The van der Waals surface area contributed by atoms with Gasteiger partial charge in [0, 0.05) is 6.04 Å². The lowest BCUT2D eigenvalue weighted by Crippen LogP contribution is -2.12. The third-order valence-corrected chi connectivity index (χ3v) is 4.99. The minimum Gasteiger partial charge on any atom is -0.313 e. The Morgan fingerprint density at radius 2 is 1.81 bits per heavy atom. The molecule has 1 heteroatoms. The molecular weight excluding hydrogens is 254 g/mol. The zero-order valence-electron chi connectivity index (χ0n) is 13.3. The highest BCUT2D eigenvalue weighted by atomic mass is 14.9. The standard InChI is InChI=1S/C20H25N/c1-4-14(2)15-5-7-16(8-6-15)17-9-11-19-18(13-17)10-12-20(19)21-3/h5-9,11,13-14,20-21H,4,10,12H2,1-3H3. The monoisotopic (exact) mass is 279 g/mol. The minimum absolute atomic E-state index is 0.543. The molecule has 0 heterocycles. The first-order valence-electron chi connectivity index (χ1n) is 8.13. The van der Waals surface area contributed by atoms with Crippen LogP contribution in [0.15, 0.2) is 42.5 Å². The van der Waals surface area contributed by atoms with Crippen molar-refractivity contribution in [3.8, 4) is 11.1 Å². The molecule has 0 saturated carbocycles. The van der Waals surface area contributed by atoms with Gasteiger partial charge in [0.2, 0.25) is 0 Å². The Morgan fingerprint density at radius 3 is 2.48 bits per heavy atom. The summed E-state index contributed by atoms with van der Waals surface area (Å²) < 4.78 is 0. The number of hydrogen-bond acceptors (Lipinski definition) is 1. The molecule has 2 atom stereocenters. The first kappa shape index (κ1) is 14.3. The normalized spacial score (nSPS) is 18.5. The smallest absolute Gasteiger partial charge is 0.0323 e. The molecule has 3 rings (SSSR count). The molecule has 0 bridgehead atoms. The molecule has 0 aliphatic heterocycles. The highest BCUT2D eigenvalue weighted by molar-refractivity contribution is 5.66. The first-order valence-corrected chi connectivity index (χ1v) is 8.13. The van der Waals surface area contributed by atoms with Crippen LogP contribution in [-0.2, 0) is 6.42 Å². The van der Waals surface area contributed by atoms with Gasteiger partial charge < -0.3 is 5.32 Å². The fraction of sp³-hybridized carbons (Fsp3) is 0.400. The fourth-order valence-electron chi connectivity index (χ4n) is 3.34. The summed E-state index contributed by atoms with van der Waals surface area (Å²) in [5, 5.41) is 3.41. The van der Waals surface area contributed by atoms with E-state index < -0.39 is 0 Å². The second-order valence-electron chi connectivity index (χ2n) is 6.22. The van der Waals surface area contributed by atoms with E-state index in [4.69, 9.17) is 0 Å². The molecule has 0 radical (unpaired) electrons. The molecular formula is C20H25N. The van der Waals surface area contributed by atoms with Crippen molar-refractivity contribution in [2.24, 2.45) is 0 Å². The third kappa shape index (κ3) is 2.75. The Balaban J connectivity index is 1.88. The fourth-order valence-corrected chi connectivity index (χ4v) is 3.34. The predicted molar refractivity (Wildman–Crippen MR) is 90.7 cm³/mol. The van der Waals surface area contributed by atoms with E-state index in [1.807, 2.05) is 0 Å². The van der Waals surface area contributed by atoms with Gasteiger partial charge in [-0.25, -0.2) is 0 Å². The number of nitrogens with one attached hydrogen (secondary N) is 1. The quantitative estimate of drug-likeness (QED) is 0.823. The summed E-state index contributed by atoms with van der Waals surface area (Å²) >= 11 is 0. The summed E-state index contributed by atoms with van der Waals surface area (Å²) in [6.45, 7) is 4.54. The Bertz CT molecular complexity index is 612. The van der Waals surface area contributed by atoms with E-state index in [-0.39, 0.29) is 0 Å². The van der Waals surface area contributed by atoms with Gasteiger partial charge in [-0.3, -0.25) is 0 Å². The van der Waals surface area contributed by atoms with Crippen molar-refractivity contribution >= 4 is 0 Å². The molecule has 1 aliphatic rings. The maximum atomic E-state index is 3.41. The molecule has 1 aliphatic carbocycles. The number of aryl methyl sites for hydroxylation is 1. The van der Waals surface area contributed by atoms with Crippen LogP contribution in [0.5, 0.6) is 0 Å². The molecule has 0 fully saturated rings. The molecule has 110 valence electrons. The molecule has 0 spiro atoms. The summed E-state index contributed by atoms with van der Waals surface area (Å²) in [4.78, 5) is 0. The Labute approximate surface area is 128 Å². The first-order chi connectivity index (χ1) is 10.2. The van der Waals surface area contributed by atoms with Crippen LogP contribution < -0.4 is 5.32 Å². The van der Waals surface area contributed by atoms with Crippen molar-refractivity contribution in [1.82, 2.24) is 5.32 Å². The van der Waals surface area contributed by atoms with Crippen molar-refractivity contribution in [1.29, 1.82) is 0 Å². The highest BCUT2D eigenvalue weighted by Crippen LogP contribution is 2.34. The Morgan fingerprint density at radius 1 is 1.10 bits per heavy atom. The average molecular weight is 279 g/mol. The maximum absolute atomic E-state index is 3.41. The zero-order chi connectivity index (χ0) is 14.8. The van der Waals surface area contributed by atoms with Crippen molar-refractivity contribution in [3.63, 3.8) is 0 Å². The summed E-state index contributed by atoms with van der Waals surface area (Å²) in [6, 6.07) is 16.6. The number of benzene rings is 2. The Hall–Kier alpha value is -1.60. The topological polar surface area (TPSA) is 12.0 Å². The van der Waals surface area contributed by atoms with Crippen LogP contribution in [0.3, 0.4) is 0 Å². The molecule has 2 aromatic rings. The van der Waals surface area contributed by atoms with E-state index in [1.54, 1.807) is 0 Å². The second-order valence-corrected chi connectivity index (χ2v) is 6.22. The van der Waals surface area contributed by atoms with Crippen LogP contribution in [0, 0.1) is 0 Å². The number of fused-ring (bicyclic) bond motifs is 1. The van der Waals surface area contributed by atoms with Gasteiger partial charge in [-0.1, -0.05) is 56.3 Å². The predicted octanol–water partition coefficient (Wildman–Crippen LogP) is 5.07. The zero-order valence-corrected chi connectivity index (χ0v) is 13.3. The van der Waals surface area contributed by atoms with E-state index in [2.05, 4.69) is 68.7 Å². The lowest BCUT2D eigenvalue weighted by molar-refractivity contribution is 0.590. The van der Waals surface area contributed by atoms with E-state index >= 15 is 0 Å². The molecule has 1 N–H and O–H groups in total. The molecule has 0 aromatic heterocycles. The molecule has 21 heavy (non-hydrogen) atoms. The molecule has 2 aromatic carbocycles. The third-order valence-electron chi connectivity index (χ3n) is 4.99. The molecule has 2 unspecified atom stereocenters. The summed E-state index contributed by atoms with van der Waals surface area (Å²) in [5.74, 6) is 0.649. The van der Waals surface area contributed by atoms with Crippen LogP contribution in [-0.4, -0.2) is 7.05 Å². The van der Waals surface area contributed by atoms with E-state index in [0.717, 1.165) is 0 Å². The van der Waals surface area contributed by atoms with Gasteiger partial charge in [0.05, 0.1) is 0 Å². The van der Waals surface area contributed by atoms with Gasteiger partial charge in [0.15, 0.2) is 0 Å².